The molecule has 0 aliphatic heterocycles. The molecule has 124 valence electrons. The Bertz CT molecular complexity index is 1010. The van der Waals surface area contributed by atoms with Crippen LogP contribution in [-0.2, 0) is 6.61 Å². The van der Waals surface area contributed by atoms with Gasteiger partial charge in [0.1, 0.15) is 0 Å². The van der Waals surface area contributed by atoms with Crippen LogP contribution in [-0.4, -0.2) is 10.1 Å². The van der Waals surface area contributed by atoms with E-state index in [2.05, 4.69) is 55.6 Å². The Morgan fingerprint density at radius 3 is 1.88 bits per heavy atom. The van der Waals surface area contributed by atoms with Crippen molar-refractivity contribution in [2.24, 2.45) is 0 Å². The SMILES string of the molecule is Cc1ccc2nc3ccc(C)cc3c(Nc3ccc(CO)cc3)c2c1. The van der Waals surface area contributed by atoms with Gasteiger partial charge in [-0.05, 0) is 55.8 Å². The van der Waals surface area contributed by atoms with Crippen molar-refractivity contribution < 1.29 is 5.11 Å². The molecule has 0 saturated carbocycles. The Balaban J connectivity index is 1.96. The third-order valence-electron chi connectivity index (χ3n) is 4.49. The summed E-state index contributed by atoms with van der Waals surface area (Å²) < 4.78 is 0. The van der Waals surface area contributed by atoms with Crippen LogP contribution in [0.4, 0.5) is 11.4 Å². The number of fused-ring (bicyclic) bond motifs is 2. The van der Waals surface area contributed by atoms with Crippen LogP contribution in [0.2, 0.25) is 0 Å². The normalized spacial score (nSPS) is 11.2. The van der Waals surface area contributed by atoms with Gasteiger partial charge in [0.05, 0.1) is 23.3 Å². The molecular formula is C22H20N2O. The number of aryl methyl sites for hydroxylation is 2. The number of nitrogens with zero attached hydrogens (tertiary/aromatic N) is 1. The topological polar surface area (TPSA) is 45.2 Å². The van der Waals surface area contributed by atoms with E-state index in [4.69, 9.17) is 4.98 Å². The number of aliphatic hydroxyl groups excluding tert-OH is 1. The van der Waals surface area contributed by atoms with Crippen molar-refractivity contribution in [1.82, 2.24) is 4.98 Å². The van der Waals surface area contributed by atoms with Crippen LogP contribution in [0.15, 0.2) is 60.7 Å². The van der Waals surface area contributed by atoms with E-state index >= 15 is 0 Å². The molecule has 1 heterocycles. The highest BCUT2D eigenvalue weighted by atomic mass is 16.3. The number of hydrogen-bond donors (Lipinski definition) is 2. The van der Waals surface area contributed by atoms with Crippen molar-refractivity contribution in [3.8, 4) is 0 Å². The fourth-order valence-corrected chi connectivity index (χ4v) is 3.14. The highest BCUT2D eigenvalue weighted by Crippen LogP contribution is 2.34. The minimum atomic E-state index is 0.0553. The van der Waals surface area contributed by atoms with E-state index in [1.165, 1.54) is 11.1 Å². The lowest BCUT2D eigenvalue weighted by atomic mass is 10.0. The monoisotopic (exact) mass is 328 g/mol. The molecule has 4 aromatic rings. The Morgan fingerprint density at radius 2 is 1.36 bits per heavy atom. The van der Waals surface area contributed by atoms with E-state index in [1.54, 1.807) is 0 Å². The largest absolute Gasteiger partial charge is 0.392 e. The minimum absolute atomic E-state index is 0.0553. The highest BCUT2D eigenvalue weighted by molar-refractivity contribution is 6.09. The zero-order valence-electron chi connectivity index (χ0n) is 14.4. The maximum atomic E-state index is 9.23. The molecule has 0 unspecified atom stereocenters. The third-order valence-corrected chi connectivity index (χ3v) is 4.49. The molecule has 0 atom stereocenters. The summed E-state index contributed by atoms with van der Waals surface area (Å²) in [5.74, 6) is 0. The van der Waals surface area contributed by atoms with Crippen LogP contribution < -0.4 is 5.32 Å². The summed E-state index contributed by atoms with van der Waals surface area (Å²) in [6, 6.07) is 20.5. The average Bonchev–Trinajstić information content (AvgIpc) is 2.63. The van der Waals surface area contributed by atoms with Gasteiger partial charge in [-0.25, -0.2) is 4.98 Å². The predicted octanol–water partition coefficient (Wildman–Crippen LogP) is 5.24. The summed E-state index contributed by atoms with van der Waals surface area (Å²) in [6.45, 7) is 4.25. The number of anilines is 2. The Hall–Kier alpha value is -2.91. The summed E-state index contributed by atoms with van der Waals surface area (Å²) in [5.41, 5.74) is 7.35. The van der Waals surface area contributed by atoms with Gasteiger partial charge >= 0.3 is 0 Å². The number of aromatic nitrogens is 1. The summed E-state index contributed by atoms with van der Waals surface area (Å²) in [4.78, 5) is 4.82. The van der Waals surface area contributed by atoms with Crippen molar-refractivity contribution in [3.05, 3.63) is 77.4 Å². The van der Waals surface area contributed by atoms with Crippen LogP contribution in [0.25, 0.3) is 21.8 Å². The maximum absolute atomic E-state index is 9.23. The second kappa shape index (κ2) is 6.19. The lowest BCUT2D eigenvalue weighted by molar-refractivity contribution is 0.282. The highest BCUT2D eigenvalue weighted by Gasteiger charge is 2.10. The number of nitrogens with one attached hydrogen (secondary N) is 1. The molecule has 0 amide bonds. The number of pyridine rings is 1. The molecule has 25 heavy (non-hydrogen) atoms. The zero-order valence-corrected chi connectivity index (χ0v) is 14.4. The molecule has 3 heteroatoms. The van der Waals surface area contributed by atoms with Crippen LogP contribution in [0, 0.1) is 13.8 Å². The van der Waals surface area contributed by atoms with Crippen molar-refractivity contribution in [1.29, 1.82) is 0 Å². The van der Waals surface area contributed by atoms with Crippen LogP contribution in [0.1, 0.15) is 16.7 Å². The number of hydrogen-bond acceptors (Lipinski definition) is 3. The Kier molecular flexibility index (Phi) is 3.86. The van der Waals surface area contributed by atoms with E-state index in [9.17, 15) is 5.11 Å². The molecule has 3 nitrogen and oxygen atoms in total. The van der Waals surface area contributed by atoms with E-state index in [1.807, 2.05) is 24.3 Å². The van der Waals surface area contributed by atoms with Crippen molar-refractivity contribution >= 4 is 33.2 Å². The molecule has 0 aliphatic rings. The van der Waals surface area contributed by atoms with Crippen molar-refractivity contribution in [2.75, 3.05) is 5.32 Å². The van der Waals surface area contributed by atoms with Crippen LogP contribution in [0.5, 0.6) is 0 Å². The van der Waals surface area contributed by atoms with Gasteiger partial charge < -0.3 is 10.4 Å². The second-order valence-corrected chi connectivity index (χ2v) is 6.51. The van der Waals surface area contributed by atoms with Gasteiger partial charge in [-0.1, -0.05) is 35.4 Å². The minimum Gasteiger partial charge on any atom is -0.392 e. The predicted molar refractivity (Wildman–Crippen MR) is 104 cm³/mol. The summed E-state index contributed by atoms with van der Waals surface area (Å²) in [6.07, 6.45) is 0. The Labute approximate surface area is 147 Å². The van der Waals surface area contributed by atoms with Gasteiger partial charge in [-0.3, -0.25) is 0 Å². The van der Waals surface area contributed by atoms with Gasteiger partial charge in [-0.15, -0.1) is 0 Å². The zero-order chi connectivity index (χ0) is 17.4. The Morgan fingerprint density at radius 1 is 0.800 bits per heavy atom. The quantitative estimate of drug-likeness (QED) is 0.505. The molecule has 3 aromatic carbocycles. The molecular weight excluding hydrogens is 308 g/mol. The fraction of sp³-hybridized carbons (Fsp3) is 0.136. The summed E-state index contributed by atoms with van der Waals surface area (Å²) in [7, 11) is 0. The van der Waals surface area contributed by atoms with Crippen molar-refractivity contribution in [2.45, 2.75) is 20.5 Å². The van der Waals surface area contributed by atoms with Gasteiger partial charge in [0.2, 0.25) is 0 Å². The first-order valence-electron chi connectivity index (χ1n) is 8.41. The van der Waals surface area contributed by atoms with Gasteiger partial charge in [0.25, 0.3) is 0 Å². The van der Waals surface area contributed by atoms with Crippen LogP contribution >= 0.6 is 0 Å². The maximum Gasteiger partial charge on any atom is 0.0730 e. The lowest BCUT2D eigenvalue weighted by Crippen LogP contribution is -1.96. The van der Waals surface area contributed by atoms with Gasteiger partial charge in [0, 0.05) is 16.5 Å². The first-order chi connectivity index (χ1) is 12.1. The second-order valence-electron chi connectivity index (χ2n) is 6.51. The molecule has 0 radical (unpaired) electrons. The van der Waals surface area contributed by atoms with Gasteiger partial charge in [0.15, 0.2) is 0 Å². The van der Waals surface area contributed by atoms with E-state index in [0.717, 1.165) is 38.7 Å². The molecule has 0 spiro atoms. The van der Waals surface area contributed by atoms with E-state index < -0.39 is 0 Å². The van der Waals surface area contributed by atoms with E-state index in [-0.39, 0.29) is 6.61 Å². The van der Waals surface area contributed by atoms with Crippen LogP contribution in [0.3, 0.4) is 0 Å². The van der Waals surface area contributed by atoms with E-state index in [0.29, 0.717) is 0 Å². The van der Waals surface area contributed by atoms with Gasteiger partial charge in [-0.2, -0.15) is 0 Å². The molecule has 0 bridgehead atoms. The summed E-state index contributed by atoms with van der Waals surface area (Å²) in [5, 5.41) is 15.0. The number of aliphatic hydroxyl groups is 1. The molecule has 0 fully saturated rings. The molecule has 0 saturated heterocycles. The molecule has 4 rings (SSSR count). The smallest absolute Gasteiger partial charge is 0.0730 e. The number of benzene rings is 3. The first-order valence-corrected chi connectivity index (χ1v) is 8.41. The first kappa shape index (κ1) is 15.6. The van der Waals surface area contributed by atoms with Crippen molar-refractivity contribution in [3.63, 3.8) is 0 Å². The molecule has 1 aromatic heterocycles. The standard InChI is InChI=1S/C22H20N2O/c1-14-3-9-20-18(11-14)22(19-12-15(2)4-10-21(19)24-20)23-17-7-5-16(13-25)6-8-17/h3-12,25H,13H2,1-2H3,(H,23,24). The molecule has 0 aliphatic carbocycles. The average molecular weight is 328 g/mol. The fourth-order valence-electron chi connectivity index (χ4n) is 3.14. The number of rotatable bonds is 3. The molecule has 2 N–H and O–H groups in total. The summed E-state index contributed by atoms with van der Waals surface area (Å²) >= 11 is 0. The third kappa shape index (κ3) is 2.94. The lowest BCUT2D eigenvalue weighted by Gasteiger charge is -2.14.